The number of rotatable bonds is 8. The van der Waals surface area contributed by atoms with Crippen LogP contribution in [0.2, 0.25) is 10.0 Å². The monoisotopic (exact) mass is 525 g/mol. The molecule has 4 aromatic rings. The topological polar surface area (TPSA) is 99.1 Å². The van der Waals surface area contributed by atoms with E-state index in [9.17, 15) is 0 Å². The number of benzene rings is 3. The van der Waals surface area contributed by atoms with Gasteiger partial charge in [0, 0.05) is 17.1 Å². The third-order valence-corrected chi connectivity index (χ3v) is 6.14. The van der Waals surface area contributed by atoms with Gasteiger partial charge in [0.2, 0.25) is 5.90 Å². The molecule has 0 radical (unpaired) electrons. The summed E-state index contributed by atoms with van der Waals surface area (Å²) in [4.78, 5) is 18.9. The van der Waals surface area contributed by atoms with Crippen molar-refractivity contribution in [2.45, 2.75) is 6.17 Å². The number of ether oxygens (including phenoxy) is 3. The highest BCUT2D eigenvalue weighted by Gasteiger charge is 2.23. The second kappa shape index (κ2) is 10.4. The van der Waals surface area contributed by atoms with Crippen molar-refractivity contribution in [2.24, 2.45) is 4.99 Å². The van der Waals surface area contributed by atoms with Gasteiger partial charge in [0.05, 0.1) is 35.3 Å². The molecule has 0 saturated carbocycles. The molecular weight excluding hydrogens is 505 g/mol. The van der Waals surface area contributed by atoms with E-state index < -0.39 is 6.17 Å². The van der Waals surface area contributed by atoms with Crippen molar-refractivity contribution in [3.63, 3.8) is 0 Å². The fourth-order valence-corrected chi connectivity index (χ4v) is 3.95. The molecule has 1 aliphatic rings. The van der Waals surface area contributed by atoms with Crippen LogP contribution in [-0.2, 0) is 4.84 Å². The molecule has 5 rings (SSSR count). The minimum absolute atomic E-state index is 0.194. The average Bonchev–Trinajstić information content (AvgIpc) is 3.38. The first-order valence-corrected chi connectivity index (χ1v) is 11.6. The van der Waals surface area contributed by atoms with Gasteiger partial charge >= 0.3 is 0 Å². The molecule has 9 nitrogen and oxygen atoms in total. The van der Waals surface area contributed by atoms with Crippen LogP contribution in [0.4, 0.5) is 11.5 Å². The Morgan fingerprint density at radius 3 is 2.58 bits per heavy atom. The molecule has 3 aromatic carbocycles. The highest BCUT2D eigenvalue weighted by atomic mass is 35.5. The normalized spacial score (nSPS) is 14.8. The summed E-state index contributed by atoms with van der Waals surface area (Å²) in [6.45, 7) is 0.194. The van der Waals surface area contributed by atoms with Crippen LogP contribution in [0.25, 0.3) is 10.9 Å². The van der Waals surface area contributed by atoms with E-state index in [-0.39, 0.29) is 6.61 Å². The molecule has 0 spiro atoms. The molecule has 0 saturated heterocycles. The van der Waals surface area contributed by atoms with Gasteiger partial charge in [-0.25, -0.2) is 15.0 Å². The lowest BCUT2D eigenvalue weighted by Gasteiger charge is -2.15. The Morgan fingerprint density at radius 2 is 1.78 bits per heavy atom. The van der Waals surface area contributed by atoms with Crippen molar-refractivity contribution in [2.75, 3.05) is 26.1 Å². The molecule has 0 amide bonds. The lowest BCUT2D eigenvalue weighted by atomic mass is 10.2. The largest absolute Gasteiger partial charge is 0.496 e. The number of nitrogens with one attached hydrogen (secondary N) is 2. The summed E-state index contributed by atoms with van der Waals surface area (Å²) in [5.74, 6) is 2.70. The van der Waals surface area contributed by atoms with Crippen molar-refractivity contribution in [1.29, 1.82) is 0 Å². The van der Waals surface area contributed by atoms with Gasteiger partial charge in [-0.2, -0.15) is 0 Å². The van der Waals surface area contributed by atoms with Crippen LogP contribution in [-0.4, -0.2) is 42.9 Å². The molecule has 2 heterocycles. The number of nitrogens with zero attached hydrogens (tertiary/aromatic N) is 3. The quantitative estimate of drug-likeness (QED) is 0.316. The second-order valence-corrected chi connectivity index (χ2v) is 8.49. The Labute approximate surface area is 216 Å². The number of hydrogen-bond donors (Lipinski definition) is 2. The number of aliphatic imine (C=N–C) groups is 1. The minimum Gasteiger partial charge on any atom is -0.496 e. The molecule has 36 heavy (non-hydrogen) atoms. The maximum Gasteiger partial charge on any atom is 0.246 e. The van der Waals surface area contributed by atoms with Crippen molar-refractivity contribution in [3.05, 3.63) is 76.5 Å². The van der Waals surface area contributed by atoms with Gasteiger partial charge in [0.25, 0.3) is 0 Å². The lowest BCUT2D eigenvalue weighted by molar-refractivity contribution is 0.144. The van der Waals surface area contributed by atoms with Crippen LogP contribution in [0.5, 0.6) is 17.2 Å². The van der Waals surface area contributed by atoms with Crippen LogP contribution >= 0.6 is 23.2 Å². The van der Waals surface area contributed by atoms with Crippen molar-refractivity contribution < 1.29 is 19.0 Å². The zero-order valence-corrected chi connectivity index (χ0v) is 20.8. The maximum absolute atomic E-state index is 6.14. The van der Waals surface area contributed by atoms with Crippen molar-refractivity contribution in [1.82, 2.24) is 15.4 Å². The first-order chi connectivity index (χ1) is 17.6. The summed E-state index contributed by atoms with van der Waals surface area (Å²) in [5, 5.41) is 4.90. The molecule has 0 aliphatic carbocycles. The number of halogens is 2. The first-order valence-electron chi connectivity index (χ1n) is 10.9. The zero-order chi connectivity index (χ0) is 25.1. The summed E-state index contributed by atoms with van der Waals surface area (Å²) < 4.78 is 17.0. The molecule has 2 N–H and O–H groups in total. The highest BCUT2D eigenvalue weighted by Crippen LogP contribution is 2.35. The molecule has 11 heteroatoms. The molecule has 1 atom stereocenters. The fraction of sp³-hybridized carbons (Fsp3) is 0.160. The van der Waals surface area contributed by atoms with Crippen LogP contribution in [0.3, 0.4) is 0 Å². The van der Waals surface area contributed by atoms with E-state index in [2.05, 4.69) is 25.8 Å². The third kappa shape index (κ3) is 4.94. The van der Waals surface area contributed by atoms with Gasteiger partial charge in [-0.05, 0) is 36.4 Å². The Balaban J connectivity index is 1.36. The molecule has 0 fully saturated rings. The number of methoxy groups -OCH3 is 2. The number of fused-ring (bicyclic) bond motifs is 1. The summed E-state index contributed by atoms with van der Waals surface area (Å²) in [5.41, 5.74) is 5.01. The number of hydroxylamine groups is 1. The van der Waals surface area contributed by atoms with E-state index in [1.807, 2.05) is 36.4 Å². The smallest absolute Gasteiger partial charge is 0.246 e. The molecule has 1 aliphatic heterocycles. The lowest BCUT2D eigenvalue weighted by Crippen LogP contribution is -2.28. The maximum atomic E-state index is 6.14. The van der Waals surface area contributed by atoms with Crippen LogP contribution in [0.1, 0.15) is 5.56 Å². The van der Waals surface area contributed by atoms with E-state index in [1.54, 1.807) is 32.4 Å². The minimum atomic E-state index is -0.428. The van der Waals surface area contributed by atoms with E-state index >= 15 is 0 Å². The standard InChI is InChI=1S/C25H21Cl2N5O4/c1-33-20-6-4-3-5-15(20)25-31-23(32-36-25)12-35-22-11-19-16(10-21(22)34-2)24(29-13-28-19)30-14-7-8-17(26)18(27)9-14/h3-11,13,23,32H,12H2,1-2H3,(H,28,29,30). The Kier molecular flexibility index (Phi) is 6.95. The van der Waals surface area contributed by atoms with Crippen molar-refractivity contribution >= 4 is 51.5 Å². The number of anilines is 2. The highest BCUT2D eigenvalue weighted by molar-refractivity contribution is 6.42. The van der Waals surface area contributed by atoms with E-state index in [0.717, 1.165) is 16.6 Å². The van der Waals surface area contributed by atoms with Gasteiger partial charge in [-0.3, -0.25) is 0 Å². The van der Waals surface area contributed by atoms with Crippen LogP contribution in [0.15, 0.2) is 65.9 Å². The summed E-state index contributed by atoms with van der Waals surface area (Å²) >= 11 is 12.2. The van der Waals surface area contributed by atoms with E-state index in [1.165, 1.54) is 6.33 Å². The Morgan fingerprint density at radius 1 is 0.944 bits per heavy atom. The molecule has 1 unspecified atom stereocenters. The first kappa shape index (κ1) is 23.9. The van der Waals surface area contributed by atoms with Gasteiger partial charge in [0.1, 0.15) is 24.5 Å². The molecule has 1 aromatic heterocycles. The zero-order valence-electron chi connectivity index (χ0n) is 19.3. The number of para-hydroxylation sites is 1. The number of aromatic nitrogens is 2. The van der Waals surface area contributed by atoms with E-state index in [0.29, 0.717) is 44.5 Å². The van der Waals surface area contributed by atoms with Crippen LogP contribution < -0.4 is 25.0 Å². The Hall–Kier alpha value is -3.79. The molecule has 184 valence electrons. The molecular formula is C25H21Cl2N5O4. The van der Waals surface area contributed by atoms with E-state index in [4.69, 9.17) is 42.3 Å². The van der Waals surface area contributed by atoms with Gasteiger partial charge in [0.15, 0.2) is 17.7 Å². The summed E-state index contributed by atoms with van der Waals surface area (Å²) in [7, 11) is 3.17. The van der Waals surface area contributed by atoms with Crippen LogP contribution in [0, 0.1) is 0 Å². The van der Waals surface area contributed by atoms with Gasteiger partial charge in [-0.1, -0.05) is 35.3 Å². The third-order valence-electron chi connectivity index (χ3n) is 5.40. The number of hydrogen-bond acceptors (Lipinski definition) is 9. The second-order valence-electron chi connectivity index (χ2n) is 7.68. The van der Waals surface area contributed by atoms with Gasteiger partial charge < -0.3 is 24.4 Å². The fourth-order valence-electron chi connectivity index (χ4n) is 3.65. The molecule has 0 bridgehead atoms. The summed E-state index contributed by atoms with van der Waals surface area (Å²) in [6, 6.07) is 16.3. The Bertz CT molecular complexity index is 1450. The SMILES string of the molecule is COc1cc2c(Nc3ccc(Cl)c(Cl)c3)ncnc2cc1OCC1N=C(c2ccccc2OC)ON1. The van der Waals surface area contributed by atoms with Gasteiger partial charge in [-0.15, -0.1) is 5.48 Å². The predicted octanol–water partition coefficient (Wildman–Crippen LogP) is 5.38. The van der Waals surface area contributed by atoms with Crippen molar-refractivity contribution in [3.8, 4) is 17.2 Å². The summed E-state index contributed by atoms with van der Waals surface area (Å²) in [6.07, 6.45) is 1.04. The average molecular weight is 526 g/mol. The predicted molar refractivity (Wildman–Crippen MR) is 139 cm³/mol.